The molecule has 0 aromatic heterocycles. The van der Waals surface area contributed by atoms with Crippen molar-refractivity contribution >= 4 is 0 Å². The summed E-state index contributed by atoms with van der Waals surface area (Å²) in [5, 5.41) is 0. The van der Waals surface area contributed by atoms with Gasteiger partial charge < -0.3 is 0 Å². The third-order valence-electron chi connectivity index (χ3n) is 1.58. The van der Waals surface area contributed by atoms with Crippen molar-refractivity contribution < 1.29 is 0 Å². The molecule has 0 aliphatic rings. The van der Waals surface area contributed by atoms with Crippen molar-refractivity contribution in [3.05, 3.63) is 35.4 Å². The van der Waals surface area contributed by atoms with Crippen molar-refractivity contribution in [2.45, 2.75) is 6.92 Å². The SMILES string of the molecule is C#CC#Cc1ccccc1C#CC#CC. The van der Waals surface area contributed by atoms with Gasteiger partial charge in [0.1, 0.15) is 0 Å². The van der Waals surface area contributed by atoms with Gasteiger partial charge in [-0.25, -0.2) is 0 Å². The van der Waals surface area contributed by atoms with E-state index in [4.69, 9.17) is 6.42 Å². The van der Waals surface area contributed by atoms with Crippen LogP contribution in [-0.4, -0.2) is 0 Å². The number of rotatable bonds is 0. The van der Waals surface area contributed by atoms with E-state index in [0.717, 1.165) is 11.1 Å². The van der Waals surface area contributed by atoms with Crippen molar-refractivity contribution in [3.8, 4) is 47.9 Å². The topological polar surface area (TPSA) is 0 Å². The molecule has 0 bridgehead atoms. The highest BCUT2D eigenvalue weighted by Crippen LogP contribution is 2.04. The first-order valence-corrected chi connectivity index (χ1v) is 4.37. The van der Waals surface area contributed by atoms with E-state index in [-0.39, 0.29) is 0 Å². The van der Waals surface area contributed by atoms with Crippen molar-refractivity contribution in [2.75, 3.05) is 0 Å². The Morgan fingerprint density at radius 3 is 2.07 bits per heavy atom. The minimum Gasteiger partial charge on any atom is -0.106 e. The highest BCUT2D eigenvalue weighted by atomic mass is 13.9. The standard InChI is InChI=1S/C15H8/c1-3-5-7-11-15-13-9-8-12-14(15)10-6-4-2/h2,8-9,12-13H,1H3. The molecule has 0 nitrogen and oxygen atoms in total. The average Bonchev–Trinajstić information content (AvgIpc) is 2.28. The van der Waals surface area contributed by atoms with Gasteiger partial charge >= 0.3 is 0 Å². The molecule has 0 radical (unpaired) electrons. The first kappa shape index (κ1) is 10.5. The molecule has 1 aromatic carbocycles. The minimum absolute atomic E-state index is 0.834. The Hall–Kier alpha value is -2.54. The molecular formula is C15H8. The van der Waals surface area contributed by atoms with Crippen LogP contribution in [0.25, 0.3) is 0 Å². The molecule has 1 rings (SSSR count). The first-order valence-electron chi connectivity index (χ1n) is 4.37. The summed E-state index contributed by atoms with van der Waals surface area (Å²) in [5.41, 5.74) is 1.68. The molecule has 0 fully saturated rings. The molecule has 0 aliphatic heterocycles. The molecule has 0 saturated heterocycles. The highest BCUT2D eigenvalue weighted by Gasteiger charge is 1.92. The van der Waals surface area contributed by atoms with Gasteiger partial charge in [0.05, 0.1) is 0 Å². The van der Waals surface area contributed by atoms with Crippen LogP contribution in [0.15, 0.2) is 24.3 Å². The lowest BCUT2D eigenvalue weighted by molar-refractivity contribution is 1.59. The summed E-state index contributed by atoms with van der Waals surface area (Å²) in [6, 6.07) is 7.58. The van der Waals surface area contributed by atoms with E-state index in [0.29, 0.717) is 0 Å². The molecule has 0 heteroatoms. The second kappa shape index (κ2) is 6.00. The summed E-state index contributed by atoms with van der Waals surface area (Å²) in [6.45, 7) is 1.75. The Morgan fingerprint density at radius 1 is 0.933 bits per heavy atom. The third kappa shape index (κ3) is 3.36. The zero-order valence-corrected chi connectivity index (χ0v) is 8.39. The van der Waals surface area contributed by atoms with E-state index >= 15 is 0 Å². The Kier molecular flexibility index (Phi) is 4.21. The van der Waals surface area contributed by atoms with E-state index in [2.05, 4.69) is 41.4 Å². The number of benzene rings is 1. The monoisotopic (exact) mass is 188 g/mol. The van der Waals surface area contributed by atoms with Gasteiger partial charge in [0.15, 0.2) is 0 Å². The number of hydrogen-bond donors (Lipinski definition) is 0. The van der Waals surface area contributed by atoms with Gasteiger partial charge in [-0.15, -0.1) is 6.42 Å². The molecule has 15 heavy (non-hydrogen) atoms. The van der Waals surface area contributed by atoms with Gasteiger partial charge in [0.2, 0.25) is 0 Å². The molecule has 1 aromatic rings. The Balaban J connectivity index is 3.13. The number of hydrogen-bond acceptors (Lipinski definition) is 0. The third-order valence-corrected chi connectivity index (χ3v) is 1.58. The Labute approximate surface area is 90.7 Å². The maximum Gasteiger partial charge on any atom is 0.0412 e. The lowest BCUT2D eigenvalue weighted by Gasteiger charge is -1.93. The van der Waals surface area contributed by atoms with Crippen LogP contribution in [0.1, 0.15) is 18.1 Å². The zero-order chi connectivity index (χ0) is 10.9. The lowest BCUT2D eigenvalue weighted by atomic mass is 10.1. The molecule has 0 saturated carbocycles. The quantitative estimate of drug-likeness (QED) is 0.547. The van der Waals surface area contributed by atoms with E-state index in [9.17, 15) is 0 Å². The number of terminal acetylenes is 1. The fourth-order valence-electron chi connectivity index (χ4n) is 0.966. The predicted octanol–water partition coefficient (Wildman–Crippen LogP) is 2.05. The summed E-state index contributed by atoms with van der Waals surface area (Å²) >= 11 is 0. The van der Waals surface area contributed by atoms with Gasteiger partial charge in [0.25, 0.3) is 0 Å². The summed E-state index contributed by atoms with van der Waals surface area (Å²) < 4.78 is 0. The molecule has 68 valence electrons. The van der Waals surface area contributed by atoms with Crippen LogP contribution in [0.4, 0.5) is 0 Å². The molecule has 0 atom stereocenters. The summed E-state index contributed by atoms with van der Waals surface area (Å²) in [7, 11) is 0. The molecule has 0 aliphatic carbocycles. The van der Waals surface area contributed by atoms with Gasteiger partial charge in [-0.05, 0) is 42.7 Å². The van der Waals surface area contributed by atoms with Crippen molar-refractivity contribution in [1.29, 1.82) is 0 Å². The van der Waals surface area contributed by atoms with E-state index in [1.807, 2.05) is 24.3 Å². The van der Waals surface area contributed by atoms with Gasteiger partial charge in [-0.3, -0.25) is 0 Å². The van der Waals surface area contributed by atoms with Crippen LogP contribution >= 0.6 is 0 Å². The van der Waals surface area contributed by atoms with Crippen molar-refractivity contribution in [1.82, 2.24) is 0 Å². The predicted molar refractivity (Wildman–Crippen MR) is 62.5 cm³/mol. The van der Waals surface area contributed by atoms with Crippen LogP contribution in [0.3, 0.4) is 0 Å². The summed E-state index contributed by atoms with van der Waals surface area (Å²) in [5.74, 6) is 18.8. The Bertz CT molecular complexity index is 564. The van der Waals surface area contributed by atoms with Gasteiger partial charge in [-0.1, -0.05) is 29.9 Å². The van der Waals surface area contributed by atoms with E-state index in [1.165, 1.54) is 0 Å². The normalized spacial score (nSPS) is 6.67. The molecule has 0 amide bonds. The van der Waals surface area contributed by atoms with Crippen LogP contribution in [0.5, 0.6) is 0 Å². The van der Waals surface area contributed by atoms with Crippen LogP contribution < -0.4 is 0 Å². The maximum absolute atomic E-state index is 5.07. The minimum atomic E-state index is 0.834. The second-order valence-corrected chi connectivity index (χ2v) is 2.56. The fraction of sp³-hybridized carbons (Fsp3) is 0.0667. The van der Waals surface area contributed by atoms with Gasteiger partial charge in [-0.2, -0.15) is 0 Å². The maximum atomic E-state index is 5.07. The van der Waals surface area contributed by atoms with Crippen LogP contribution in [0.2, 0.25) is 0 Å². The smallest absolute Gasteiger partial charge is 0.0412 e. The van der Waals surface area contributed by atoms with Crippen molar-refractivity contribution in [2.24, 2.45) is 0 Å². The molecule has 0 N–H and O–H groups in total. The zero-order valence-electron chi connectivity index (χ0n) is 8.39. The van der Waals surface area contributed by atoms with E-state index in [1.54, 1.807) is 6.92 Å². The Morgan fingerprint density at radius 2 is 1.53 bits per heavy atom. The second-order valence-electron chi connectivity index (χ2n) is 2.56. The highest BCUT2D eigenvalue weighted by molar-refractivity contribution is 5.52. The van der Waals surface area contributed by atoms with Crippen molar-refractivity contribution in [3.63, 3.8) is 0 Å². The molecule has 0 unspecified atom stereocenters. The first-order chi connectivity index (χ1) is 7.38. The van der Waals surface area contributed by atoms with Gasteiger partial charge in [0, 0.05) is 11.1 Å². The largest absolute Gasteiger partial charge is 0.106 e. The molecule has 0 heterocycles. The molecule has 0 spiro atoms. The summed E-state index contributed by atoms with van der Waals surface area (Å²) in [4.78, 5) is 0. The molecular weight excluding hydrogens is 180 g/mol. The van der Waals surface area contributed by atoms with Crippen LogP contribution in [0, 0.1) is 47.9 Å². The summed E-state index contributed by atoms with van der Waals surface area (Å²) in [6.07, 6.45) is 5.07. The fourth-order valence-corrected chi connectivity index (χ4v) is 0.966. The lowest BCUT2D eigenvalue weighted by Crippen LogP contribution is -1.81. The van der Waals surface area contributed by atoms with Crippen LogP contribution in [-0.2, 0) is 0 Å². The van der Waals surface area contributed by atoms with E-state index < -0.39 is 0 Å². The average molecular weight is 188 g/mol.